The highest BCUT2D eigenvalue weighted by Gasteiger charge is 2.58. The zero-order valence-corrected chi connectivity index (χ0v) is 15.7. The van der Waals surface area contributed by atoms with Gasteiger partial charge in [0, 0.05) is 23.7 Å². The molecule has 11 heteroatoms. The smallest absolute Gasteiger partial charge is 0.329 e. The van der Waals surface area contributed by atoms with Gasteiger partial charge in [-0.05, 0) is 43.0 Å². The zero-order chi connectivity index (χ0) is 20.1. The first-order valence-electron chi connectivity index (χ1n) is 8.54. The highest BCUT2D eigenvalue weighted by Crippen LogP contribution is 2.44. The molecule has 0 bridgehead atoms. The fourth-order valence-electron chi connectivity index (χ4n) is 2.96. The summed E-state index contributed by atoms with van der Waals surface area (Å²) in [4.78, 5) is 28.5. The monoisotopic (exact) mass is 405 g/mol. The molecule has 4 rings (SSSR count). The molecule has 1 aromatic carbocycles. The summed E-state index contributed by atoms with van der Waals surface area (Å²) in [7, 11) is 1.75. The highest BCUT2D eigenvalue weighted by atomic mass is 32.2. The van der Waals surface area contributed by atoms with Crippen LogP contribution in [0.1, 0.15) is 18.4 Å². The Bertz CT molecular complexity index is 1160. The molecular weight excluding hydrogens is 386 g/mol. The molecular formula is C17H19N5O5S. The highest BCUT2D eigenvalue weighted by molar-refractivity contribution is 7.97. The van der Waals surface area contributed by atoms with Crippen LogP contribution in [0.25, 0.3) is 10.9 Å². The van der Waals surface area contributed by atoms with Crippen LogP contribution in [0.4, 0.5) is 0 Å². The van der Waals surface area contributed by atoms with Crippen molar-refractivity contribution in [3.63, 3.8) is 0 Å². The number of aliphatic hydroxyl groups is 3. The topological polar surface area (TPSA) is 145 Å². The number of rotatable bonds is 6. The number of fused-ring (bicyclic) bond motifs is 1. The van der Waals surface area contributed by atoms with Gasteiger partial charge in [0.05, 0.1) is 23.6 Å². The number of nitrogens with zero attached hydrogens (tertiary/aromatic N) is 3. The molecule has 2 aromatic heterocycles. The van der Waals surface area contributed by atoms with Crippen LogP contribution in [-0.2, 0) is 13.6 Å². The standard InChI is InChI=1S/C17H19N5O5S/c1-21-8-10(7-18-21)9-22-14(23)12-6-11(2-3-13(12)19-15(22)24)28-20-16(4-5-16)17(25,26)27/h2-3,6-8,20,25-27H,4-5,9H2,1H3,(H,19,24). The number of nitrogens with one attached hydrogen (secondary N) is 2. The summed E-state index contributed by atoms with van der Waals surface area (Å²) in [6, 6.07) is 4.90. The number of aromatic nitrogens is 4. The van der Waals surface area contributed by atoms with Crippen LogP contribution in [0.3, 0.4) is 0 Å². The van der Waals surface area contributed by atoms with E-state index in [1.807, 2.05) is 0 Å². The molecule has 1 saturated carbocycles. The molecule has 0 radical (unpaired) electrons. The Morgan fingerprint density at radius 3 is 2.68 bits per heavy atom. The van der Waals surface area contributed by atoms with Gasteiger partial charge >= 0.3 is 5.69 Å². The average molecular weight is 405 g/mol. The molecule has 0 aliphatic heterocycles. The van der Waals surface area contributed by atoms with Gasteiger partial charge in [-0.3, -0.25) is 14.0 Å². The van der Waals surface area contributed by atoms with E-state index in [0.29, 0.717) is 28.6 Å². The van der Waals surface area contributed by atoms with Crippen molar-refractivity contribution in [1.29, 1.82) is 0 Å². The SMILES string of the molecule is Cn1cc(Cn2c(=O)[nH]c3ccc(SNC4(C(O)(O)O)CC4)cc3c2=O)cn1. The lowest BCUT2D eigenvalue weighted by atomic mass is 10.2. The molecule has 1 fully saturated rings. The fraction of sp³-hybridized carbons (Fsp3) is 0.353. The minimum Gasteiger partial charge on any atom is -0.342 e. The van der Waals surface area contributed by atoms with Crippen molar-refractivity contribution in [2.45, 2.75) is 35.8 Å². The van der Waals surface area contributed by atoms with Crippen LogP contribution in [0, 0.1) is 0 Å². The van der Waals surface area contributed by atoms with E-state index >= 15 is 0 Å². The first-order valence-corrected chi connectivity index (χ1v) is 9.36. The Morgan fingerprint density at radius 1 is 1.32 bits per heavy atom. The third kappa shape index (κ3) is 3.38. The van der Waals surface area contributed by atoms with Gasteiger partial charge < -0.3 is 20.3 Å². The first-order chi connectivity index (χ1) is 13.2. The van der Waals surface area contributed by atoms with Gasteiger partial charge in [0.25, 0.3) is 11.5 Å². The zero-order valence-electron chi connectivity index (χ0n) is 14.9. The van der Waals surface area contributed by atoms with Crippen molar-refractivity contribution < 1.29 is 15.3 Å². The molecule has 0 unspecified atom stereocenters. The largest absolute Gasteiger partial charge is 0.342 e. The van der Waals surface area contributed by atoms with Crippen LogP contribution in [-0.4, -0.2) is 46.2 Å². The molecule has 28 heavy (non-hydrogen) atoms. The summed E-state index contributed by atoms with van der Waals surface area (Å²) in [5, 5.41) is 32.7. The maximum atomic E-state index is 12.9. The predicted molar refractivity (Wildman–Crippen MR) is 101 cm³/mol. The Hall–Kier alpha value is -2.44. The molecule has 148 valence electrons. The summed E-state index contributed by atoms with van der Waals surface area (Å²) in [5.41, 5.74) is -1.02. The van der Waals surface area contributed by atoms with Crippen molar-refractivity contribution in [2.75, 3.05) is 0 Å². The van der Waals surface area contributed by atoms with E-state index < -0.39 is 22.8 Å². The summed E-state index contributed by atoms with van der Waals surface area (Å²) in [6.07, 6.45) is 4.13. The second-order valence-electron chi connectivity index (χ2n) is 6.97. The third-order valence-electron chi connectivity index (χ3n) is 4.81. The molecule has 1 aliphatic carbocycles. The van der Waals surface area contributed by atoms with Crippen LogP contribution in [0.15, 0.2) is 45.1 Å². The van der Waals surface area contributed by atoms with E-state index in [1.165, 1.54) is 0 Å². The van der Waals surface area contributed by atoms with Gasteiger partial charge in [-0.2, -0.15) is 5.10 Å². The summed E-state index contributed by atoms with van der Waals surface area (Å²) >= 11 is 1.07. The molecule has 5 N–H and O–H groups in total. The van der Waals surface area contributed by atoms with Crippen LogP contribution in [0.2, 0.25) is 0 Å². The van der Waals surface area contributed by atoms with Gasteiger partial charge in [-0.1, -0.05) is 0 Å². The predicted octanol–water partition coefficient (Wildman–Crippen LogP) is -0.768. The Kier molecular flexibility index (Phi) is 4.43. The maximum Gasteiger partial charge on any atom is 0.329 e. The first kappa shape index (κ1) is 18.9. The molecule has 1 aliphatic rings. The quantitative estimate of drug-likeness (QED) is 0.266. The lowest BCUT2D eigenvalue weighted by Crippen LogP contribution is -2.51. The lowest BCUT2D eigenvalue weighted by Gasteiger charge is -2.26. The van der Waals surface area contributed by atoms with Gasteiger partial charge in [-0.15, -0.1) is 0 Å². The minimum absolute atomic E-state index is 0.0960. The van der Waals surface area contributed by atoms with E-state index in [4.69, 9.17) is 0 Å². The molecule has 0 amide bonds. The van der Waals surface area contributed by atoms with E-state index in [-0.39, 0.29) is 6.54 Å². The molecule has 2 heterocycles. The third-order valence-corrected chi connectivity index (χ3v) is 5.79. The van der Waals surface area contributed by atoms with Crippen molar-refractivity contribution in [2.24, 2.45) is 7.05 Å². The number of aromatic amines is 1. The molecule has 10 nitrogen and oxygen atoms in total. The van der Waals surface area contributed by atoms with E-state index in [0.717, 1.165) is 22.1 Å². The summed E-state index contributed by atoms with van der Waals surface area (Å²) in [5.74, 6) is -2.82. The second kappa shape index (κ2) is 6.57. The van der Waals surface area contributed by atoms with Crippen molar-refractivity contribution >= 4 is 22.9 Å². The summed E-state index contributed by atoms with van der Waals surface area (Å²) < 4.78 is 5.55. The lowest BCUT2D eigenvalue weighted by molar-refractivity contribution is -0.332. The van der Waals surface area contributed by atoms with Gasteiger partial charge in [-0.25, -0.2) is 9.52 Å². The number of hydrogen-bond donors (Lipinski definition) is 5. The second-order valence-corrected chi connectivity index (χ2v) is 7.85. The average Bonchev–Trinajstić information content (AvgIpc) is 3.33. The summed E-state index contributed by atoms with van der Waals surface area (Å²) in [6.45, 7) is 0.0960. The number of aryl methyl sites for hydroxylation is 1. The molecule has 0 saturated heterocycles. The molecule has 0 atom stereocenters. The van der Waals surface area contributed by atoms with E-state index in [1.54, 1.807) is 42.3 Å². The Labute approximate surface area is 162 Å². The van der Waals surface area contributed by atoms with Gasteiger partial charge in [0.2, 0.25) is 0 Å². The van der Waals surface area contributed by atoms with Gasteiger partial charge in [0.15, 0.2) is 0 Å². The van der Waals surface area contributed by atoms with Crippen molar-refractivity contribution in [3.8, 4) is 0 Å². The van der Waals surface area contributed by atoms with Crippen molar-refractivity contribution in [3.05, 3.63) is 57.0 Å². The normalized spacial score (nSPS) is 15.9. The Morgan fingerprint density at radius 2 is 2.07 bits per heavy atom. The number of H-pyrrole nitrogens is 1. The van der Waals surface area contributed by atoms with Crippen molar-refractivity contribution in [1.82, 2.24) is 24.1 Å². The molecule has 3 aromatic rings. The number of benzene rings is 1. The molecule has 0 spiro atoms. The fourth-order valence-corrected chi connectivity index (χ4v) is 3.93. The van der Waals surface area contributed by atoms with Gasteiger partial charge in [0.1, 0.15) is 5.54 Å². The minimum atomic E-state index is -2.82. The van der Waals surface area contributed by atoms with Crippen LogP contribution in [0.5, 0.6) is 0 Å². The van der Waals surface area contributed by atoms with Crippen LogP contribution < -0.4 is 16.0 Å². The van der Waals surface area contributed by atoms with E-state index in [2.05, 4.69) is 14.8 Å². The maximum absolute atomic E-state index is 12.9. The Balaban J connectivity index is 1.65. The number of hydrogen-bond acceptors (Lipinski definition) is 8. The van der Waals surface area contributed by atoms with E-state index in [9.17, 15) is 24.9 Å². The van der Waals surface area contributed by atoms with Crippen LogP contribution >= 0.6 is 11.9 Å².